The normalized spacial score (nSPS) is 16.5. The SMILES string of the molecule is COc1ccccc1C1/C(=C(\O)c2c(OC)cccc2OC)C(=O)C(=O)N1Cc1ccc(C(=O)O)cc1. The number of benzene rings is 3. The zero-order chi connectivity index (χ0) is 26.7. The molecule has 1 aliphatic rings. The summed E-state index contributed by atoms with van der Waals surface area (Å²) in [5.74, 6) is -2.31. The largest absolute Gasteiger partial charge is 0.506 e. The maximum absolute atomic E-state index is 13.4. The molecule has 2 N–H and O–H groups in total. The number of carbonyl (C=O) groups is 3. The fourth-order valence-corrected chi connectivity index (χ4v) is 4.43. The van der Waals surface area contributed by atoms with Crippen LogP contribution in [-0.2, 0) is 16.1 Å². The van der Waals surface area contributed by atoms with E-state index in [1.54, 1.807) is 54.6 Å². The van der Waals surface area contributed by atoms with Gasteiger partial charge in [-0.1, -0.05) is 36.4 Å². The van der Waals surface area contributed by atoms with E-state index in [2.05, 4.69) is 0 Å². The molecule has 1 amide bonds. The molecule has 37 heavy (non-hydrogen) atoms. The molecule has 0 aliphatic carbocycles. The smallest absolute Gasteiger partial charge is 0.335 e. The molecule has 1 fully saturated rings. The first-order valence-electron chi connectivity index (χ1n) is 11.3. The van der Waals surface area contributed by atoms with Crippen molar-refractivity contribution in [3.05, 3.63) is 94.6 Å². The third-order valence-electron chi connectivity index (χ3n) is 6.19. The van der Waals surface area contributed by atoms with Crippen LogP contribution >= 0.6 is 0 Å². The fourth-order valence-electron chi connectivity index (χ4n) is 4.43. The second-order valence-corrected chi connectivity index (χ2v) is 8.21. The van der Waals surface area contributed by atoms with Gasteiger partial charge >= 0.3 is 5.97 Å². The van der Waals surface area contributed by atoms with Gasteiger partial charge in [0.15, 0.2) is 0 Å². The molecule has 1 aliphatic heterocycles. The topological polar surface area (TPSA) is 123 Å². The van der Waals surface area contributed by atoms with Gasteiger partial charge in [0.2, 0.25) is 0 Å². The summed E-state index contributed by atoms with van der Waals surface area (Å²) in [6.07, 6.45) is 0. The quantitative estimate of drug-likeness (QED) is 0.268. The first-order valence-corrected chi connectivity index (χ1v) is 11.3. The predicted molar refractivity (Wildman–Crippen MR) is 134 cm³/mol. The highest BCUT2D eigenvalue weighted by Crippen LogP contribution is 2.45. The van der Waals surface area contributed by atoms with Crippen LogP contribution in [0.25, 0.3) is 5.76 Å². The number of Topliss-reactive ketones (excluding diaryl/α,β-unsaturated/α-hetero) is 1. The average Bonchev–Trinajstić information content (AvgIpc) is 3.17. The van der Waals surface area contributed by atoms with Crippen molar-refractivity contribution >= 4 is 23.4 Å². The van der Waals surface area contributed by atoms with Crippen LogP contribution in [0.15, 0.2) is 72.3 Å². The third kappa shape index (κ3) is 4.58. The van der Waals surface area contributed by atoms with Crippen LogP contribution in [0, 0.1) is 0 Å². The number of likely N-dealkylation sites (tertiary alicyclic amines) is 1. The van der Waals surface area contributed by atoms with Crippen molar-refractivity contribution in [2.45, 2.75) is 12.6 Å². The lowest BCUT2D eigenvalue weighted by Gasteiger charge is -2.27. The van der Waals surface area contributed by atoms with E-state index < -0.39 is 29.5 Å². The Balaban J connectivity index is 1.93. The van der Waals surface area contributed by atoms with E-state index in [4.69, 9.17) is 14.2 Å². The number of hydrogen-bond donors (Lipinski definition) is 2. The zero-order valence-electron chi connectivity index (χ0n) is 20.4. The zero-order valence-corrected chi connectivity index (χ0v) is 20.4. The summed E-state index contributed by atoms with van der Waals surface area (Å²) in [5, 5.41) is 20.7. The minimum atomic E-state index is -1.08. The molecule has 9 heteroatoms. The highest BCUT2D eigenvalue weighted by atomic mass is 16.5. The Labute approximate surface area is 213 Å². The Hall–Kier alpha value is -4.79. The van der Waals surface area contributed by atoms with Crippen LogP contribution in [0.5, 0.6) is 17.2 Å². The van der Waals surface area contributed by atoms with Gasteiger partial charge < -0.3 is 29.3 Å². The second-order valence-electron chi connectivity index (χ2n) is 8.21. The molecule has 0 bridgehead atoms. The number of aromatic carboxylic acids is 1. The van der Waals surface area contributed by atoms with E-state index in [0.29, 0.717) is 16.9 Å². The molecule has 3 aromatic carbocycles. The number of carbonyl (C=O) groups excluding carboxylic acids is 2. The number of rotatable bonds is 8. The number of carboxylic acids is 1. The van der Waals surface area contributed by atoms with Crippen LogP contribution in [0.2, 0.25) is 0 Å². The maximum Gasteiger partial charge on any atom is 0.335 e. The molecular formula is C28H25NO8. The molecule has 1 unspecified atom stereocenters. The van der Waals surface area contributed by atoms with Crippen LogP contribution < -0.4 is 14.2 Å². The first-order chi connectivity index (χ1) is 17.8. The molecule has 9 nitrogen and oxygen atoms in total. The number of ether oxygens (including phenoxy) is 3. The van der Waals surface area contributed by atoms with Crippen LogP contribution in [0.4, 0.5) is 0 Å². The Morgan fingerprint density at radius 2 is 1.38 bits per heavy atom. The third-order valence-corrected chi connectivity index (χ3v) is 6.19. The van der Waals surface area contributed by atoms with Crippen molar-refractivity contribution in [2.75, 3.05) is 21.3 Å². The van der Waals surface area contributed by atoms with Gasteiger partial charge in [-0.2, -0.15) is 0 Å². The van der Waals surface area contributed by atoms with Gasteiger partial charge in [0.1, 0.15) is 28.6 Å². The van der Waals surface area contributed by atoms with E-state index in [9.17, 15) is 24.6 Å². The Kier molecular flexibility index (Phi) is 7.15. The molecule has 4 rings (SSSR count). The standard InChI is InChI=1S/C28H25NO8/c1-35-19-8-5-4-7-18(19)24-23(25(30)22-20(36-2)9-6-10-21(22)37-3)26(31)27(32)29(24)15-16-11-13-17(14-12-16)28(33)34/h4-14,24,30H,15H2,1-3H3,(H,33,34)/b25-23+. The first kappa shape index (κ1) is 25.3. The molecule has 3 aromatic rings. The van der Waals surface area contributed by atoms with Gasteiger partial charge in [-0.15, -0.1) is 0 Å². The highest BCUT2D eigenvalue weighted by molar-refractivity contribution is 6.46. The van der Waals surface area contributed by atoms with E-state index in [1.807, 2.05) is 0 Å². The summed E-state index contributed by atoms with van der Waals surface area (Å²) >= 11 is 0. The van der Waals surface area contributed by atoms with Crippen LogP contribution in [0.3, 0.4) is 0 Å². The number of carboxylic acid groups (broad SMARTS) is 1. The molecule has 1 atom stereocenters. The van der Waals surface area contributed by atoms with Gasteiger partial charge in [-0.05, 0) is 35.9 Å². The van der Waals surface area contributed by atoms with Gasteiger partial charge in [-0.25, -0.2) is 4.79 Å². The summed E-state index contributed by atoms with van der Waals surface area (Å²) in [5.41, 5.74) is 1.16. The summed E-state index contributed by atoms with van der Waals surface area (Å²) in [7, 11) is 4.31. The number of amides is 1. The van der Waals surface area contributed by atoms with Crippen molar-refractivity contribution in [3.8, 4) is 17.2 Å². The Bertz CT molecular complexity index is 1370. The highest BCUT2D eigenvalue weighted by Gasteiger charge is 2.47. The molecule has 0 spiro atoms. The molecular weight excluding hydrogens is 478 g/mol. The van der Waals surface area contributed by atoms with Gasteiger partial charge in [-0.3, -0.25) is 9.59 Å². The average molecular weight is 504 g/mol. The minimum absolute atomic E-state index is 0.0208. The number of nitrogens with zero attached hydrogens (tertiary/aromatic N) is 1. The monoisotopic (exact) mass is 503 g/mol. The minimum Gasteiger partial charge on any atom is -0.506 e. The summed E-state index contributed by atoms with van der Waals surface area (Å²) in [6, 6.07) is 16.8. The van der Waals surface area contributed by atoms with Gasteiger partial charge in [0.05, 0.1) is 38.5 Å². The predicted octanol–water partition coefficient (Wildman–Crippen LogP) is 4.03. The van der Waals surface area contributed by atoms with Crippen molar-refractivity contribution in [2.24, 2.45) is 0 Å². The molecule has 0 saturated carbocycles. The molecule has 1 saturated heterocycles. The second kappa shape index (κ2) is 10.4. The Morgan fingerprint density at radius 3 is 1.95 bits per heavy atom. The van der Waals surface area contributed by atoms with Crippen LogP contribution in [-0.4, -0.2) is 54.1 Å². The fraction of sp³-hybridized carbons (Fsp3) is 0.179. The molecule has 1 heterocycles. The maximum atomic E-state index is 13.4. The number of aliphatic hydroxyl groups is 1. The van der Waals surface area contributed by atoms with Gasteiger partial charge in [0.25, 0.3) is 11.7 Å². The Morgan fingerprint density at radius 1 is 0.811 bits per heavy atom. The van der Waals surface area contributed by atoms with E-state index in [0.717, 1.165) is 0 Å². The number of aliphatic hydroxyl groups excluding tert-OH is 1. The van der Waals surface area contributed by atoms with E-state index in [1.165, 1.54) is 38.4 Å². The number of methoxy groups -OCH3 is 3. The molecule has 0 aromatic heterocycles. The van der Waals surface area contributed by atoms with Gasteiger partial charge in [0, 0.05) is 12.1 Å². The summed E-state index contributed by atoms with van der Waals surface area (Å²) in [4.78, 5) is 39.4. The lowest BCUT2D eigenvalue weighted by molar-refractivity contribution is -0.140. The van der Waals surface area contributed by atoms with Crippen molar-refractivity contribution in [3.63, 3.8) is 0 Å². The lowest BCUT2D eigenvalue weighted by Crippen LogP contribution is -2.29. The van der Waals surface area contributed by atoms with Crippen LogP contribution in [0.1, 0.15) is 33.1 Å². The van der Waals surface area contributed by atoms with Crippen molar-refractivity contribution in [1.82, 2.24) is 4.90 Å². The number of ketones is 1. The lowest BCUT2D eigenvalue weighted by atomic mass is 9.94. The summed E-state index contributed by atoms with van der Waals surface area (Å²) in [6.45, 7) is -0.0208. The molecule has 190 valence electrons. The van der Waals surface area contributed by atoms with Crippen molar-refractivity contribution < 1.29 is 38.8 Å². The van der Waals surface area contributed by atoms with E-state index >= 15 is 0 Å². The number of hydrogen-bond acceptors (Lipinski definition) is 7. The van der Waals surface area contributed by atoms with E-state index in [-0.39, 0.29) is 34.7 Å². The van der Waals surface area contributed by atoms with Crippen molar-refractivity contribution in [1.29, 1.82) is 0 Å². The number of para-hydroxylation sites is 1. The summed E-state index contributed by atoms with van der Waals surface area (Å²) < 4.78 is 16.3. The molecule has 0 radical (unpaired) electrons.